The molecule has 0 saturated carbocycles. The molecule has 0 amide bonds. The first-order valence-electron chi connectivity index (χ1n) is 5.23. The van der Waals surface area contributed by atoms with Crippen molar-refractivity contribution in [3.8, 4) is 0 Å². The van der Waals surface area contributed by atoms with Crippen LogP contribution in [0.2, 0.25) is 5.02 Å². The Labute approximate surface area is 109 Å². The number of halogens is 2. The average molecular weight is 271 g/mol. The maximum atomic E-state index is 9.40. The molecule has 0 radical (unpaired) electrons. The number of hydrogen-bond donors (Lipinski definition) is 2. The Balaban J connectivity index is 2.28. The van der Waals surface area contributed by atoms with Crippen LogP contribution in [0.4, 0.5) is 5.69 Å². The number of nitrogens with zero attached hydrogens (tertiary/aromatic N) is 1. The monoisotopic (exact) mass is 270 g/mol. The van der Waals surface area contributed by atoms with Crippen LogP contribution in [-0.4, -0.2) is 28.6 Å². The zero-order valence-electron chi connectivity index (χ0n) is 9.03. The number of aliphatic hydroxyl groups is 1. The van der Waals surface area contributed by atoms with Crippen LogP contribution in [0.25, 0.3) is 10.9 Å². The van der Waals surface area contributed by atoms with Gasteiger partial charge in [0.1, 0.15) is 0 Å². The zero-order valence-corrected chi connectivity index (χ0v) is 10.5. The summed E-state index contributed by atoms with van der Waals surface area (Å²) < 4.78 is 0. The van der Waals surface area contributed by atoms with Crippen LogP contribution in [0, 0.1) is 0 Å². The van der Waals surface area contributed by atoms with Gasteiger partial charge < -0.3 is 10.4 Å². The van der Waals surface area contributed by atoms with Crippen molar-refractivity contribution in [2.24, 2.45) is 0 Å². The van der Waals surface area contributed by atoms with Crippen LogP contribution in [0.1, 0.15) is 0 Å². The van der Waals surface area contributed by atoms with Crippen LogP contribution in [0.5, 0.6) is 0 Å². The van der Waals surface area contributed by atoms with Gasteiger partial charge in [-0.05, 0) is 12.1 Å². The molecule has 90 valence electrons. The second kappa shape index (κ2) is 5.54. The van der Waals surface area contributed by atoms with E-state index in [0.717, 1.165) is 16.6 Å². The fourth-order valence-corrected chi connectivity index (χ4v) is 1.83. The van der Waals surface area contributed by atoms with Crippen molar-refractivity contribution in [3.63, 3.8) is 0 Å². The first-order chi connectivity index (χ1) is 8.20. The lowest BCUT2D eigenvalue weighted by molar-refractivity contribution is 0.211. The first kappa shape index (κ1) is 12.4. The van der Waals surface area contributed by atoms with Gasteiger partial charge in [0.25, 0.3) is 0 Å². The summed E-state index contributed by atoms with van der Waals surface area (Å²) in [6.07, 6.45) is 1.03. The molecule has 2 aromatic rings. The third kappa shape index (κ3) is 3.00. The number of aromatic nitrogens is 1. The first-order valence-corrected chi connectivity index (χ1v) is 6.14. The van der Waals surface area contributed by atoms with Gasteiger partial charge in [-0.2, -0.15) is 0 Å². The Hall–Kier alpha value is -1.03. The molecule has 17 heavy (non-hydrogen) atoms. The van der Waals surface area contributed by atoms with Crippen LogP contribution >= 0.6 is 23.2 Å². The van der Waals surface area contributed by atoms with E-state index in [4.69, 9.17) is 23.2 Å². The van der Waals surface area contributed by atoms with Gasteiger partial charge >= 0.3 is 0 Å². The highest BCUT2D eigenvalue weighted by atomic mass is 35.5. The number of anilines is 1. The Morgan fingerprint density at radius 1 is 1.41 bits per heavy atom. The Morgan fingerprint density at radius 2 is 2.24 bits per heavy atom. The van der Waals surface area contributed by atoms with Gasteiger partial charge in [-0.3, -0.25) is 4.98 Å². The normalized spacial score (nSPS) is 12.6. The molecule has 0 aliphatic heterocycles. The van der Waals surface area contributed by atoms with Gasteiger partial charge in [0.15, 0.2) is 0 Å². The van der Waals surface area contributed by atoms with E-state index in [1.54, 1.807) is 6.20 Å². The van der Waals surface area contributed by atoms with E-state index < -0.39 is 6.10 Å². The van der Waals surface area contributed by atoms with Gasteiger partial charge in [0.05, 0.1) is 28.2 Å². The minimum atomic E-state index is -0.570. The predicted molar refractivity (Wildman–Crippen MR) is 72.0 cm³/mol. The fourth-order valence-electron chi connectivity index (χ4n) is 1.56. The Bertz CT molecular complexity index is 519. The molecule has 0 spiro atoms. The van der Waals surface area contributed by atoms with Gasteiger partial charge in [-0.25, -0.2) is 0 Å². The molecular weight excluding hydrogens is 259 g/mol. The topological polar surface area (TPSA) is 45.1 Å². The summed E-state index contributed by atoms with van der Waals surface area (Å²) in [7, 11) is 0. The minimum absolute atomic E-state index is 0.205. The quantitative estimate of drug-likeness (QED) is 0.840. The minimum Gasteiger partial charge on any atom is -0.390 e. The summed E-state index contributed by atoms with van der Waals surface area (Å²) >= 11 is 11.4. The van der Waals surface area contributed by atoms with E-state index in [0.29, 0.717) is 11.6 Å². The zero-order chi connectivity index (χ0) is 12.3. The average Bonchev–Trinajstić information content (AvgIpc) is 2.35. The number of aliphatic hydroxyl groups excluding tert-OH is 1. The SMILES string of the molecule is OC(CCl)CNc1cccc2cc(Cl)cnc12. The summed E-state index contributed by atoms with van der Waals surface area (Å²) in [4.78, 5) is 4.28. The predicted octanol–water partition coefficient (Wildman–Crippen LogP) is 2.90. The summed E-state index contributed by atoms with van der Waals surface area (Å²) in [5.74, 6) is 0.205. The van der Waals surface area contributed by atoms with Crippen molar-refractivity contribution in [2.75, 3.05) is 17.7 Å². The Kier molecular flexibility index (Phi) is 4.05. The smallest absolute Gasteiger partial charge is 0.0934 e. The number of hydrogen-bond acceptors (Lipinski definition) is 3. The van der Waals surface area contributed by atoms with Gasteiger partial charge in [0.2, 0.25) is 0 Å². The molecule has 1 aromatic heterocycles. The molecular formula is C12H12Cl2N2O. The summed E-state index contributed by atoms with van der Waals surface area (Å²) in [6.45, 7) is 0.396. The highest BCUT2D eigenvalue weighted by Gasteiger charge is 2.05. The number of rotatable bonds is 4. The molecule has 0 saturated heterocycles. The van der Waals surface area contributed by atoms with Crippen LogP contribution in [0.15, 0.2) is 30.5 Å². The van der Waals surface area contributed by atoms with E-state index in [1.165, 1.54) is 0 Å². The number of fused-ring (bicyclic) bond motifs is 1. The molecule has 1 heterocycles. The van der Waals surface area contributed by atoms with Crippen LogP contribution in [-0.2, 0) is 0 Å². The third-order valence-corrected chi connectivity index (χ3v) is 2.95. The fraction of sp³-hybridized carbons (Fsp3) is 0.250. The molecule has 0 bridgehead atoms. The van der Waals surface area contributed by atoms with E-state index in [-0.39, 0.29) is 5.88 Å². The second-order valence-electron chi connectivity index (χ2n) is 3.72. The molecule has 3 nitrogen and oxygen atoms in total. The third-order valence-electron chi connectivity index (χ3n) is 2.38. The van der Waals surface area contributed by atoms with Crippen molar-refractivity contribution < 1.29 is 5.11 Å². The molecule has 5 heteroatoms. The molecule has 1 atom stereocenters. The summed E-state index contributed by atoms with van der Waals surface area (Å²) in [6, 6.07) is 7.62. The van der Waals surface area contributed by atoms with Gasteiger partial charge in [-0.1, -0.05) is 23.7 Å². The highest BCUT2D eigenvalue weighted by molar-refractivity contribution is 6.31. The largest absolute Gasteiger partial charge is 0.390 e. The number of nitrogens with one attached hydrogen (secondary N) is 1. The van der Waals surface area contributed by atoms with Crippen molar-refractivity contribution in [2.45, 2.75) is 6.10 Å². The van der Waals surface area contributed by atoms with Crippen LogP contribution < -0.4 is 5.32 Å². The lowest BCUT2D eigenvalue weighted by Crippen LogP contribution is -2.20. The molecule has 0 fully saturated rings. The molecule has 2 rings (SSSR count). The molecule has 0 aliphatic rings. The van der Waals surface area contributed by atoms with Gasteiger partial charge in [-0.15, -0.1) is 11.6 Å². The standard InChI is InChI=1S/C12H12Cl2N2O/c13-5-10(17)7-15-11-3-1-2-8-4-9(14)6-16-12(8)11/h1-4,6,10,15,17H,5,7H2. The van der Waals surface area contributed by atoms with Crippen molar-refractivity contribution in [3.05, 3.63) is 35.5 Å². The Morgan fingerprint density at radius 3 is 3.00 bits per heavy atom. The maximum Gasteiger partial charge on any atom is 0.0934 e. The number of alkyl halides is 1. The number of pyridine rings is 1. The number of benzene rings is 1. The molecule has 1 unspecified atom stereocenters. The van der Waals surface area contributed by atoms with Crippen molar-refractivity contribution in [1.82, 2.24) is 4.98 Å². The van der Waals surface area contributed by atoms with Gasteiger partial charge in [0, 0.05) is 18.1 Å². The van der Waals surface area contributed by atoms with Crippen molar-refractivity contribution in [1.29, 1.82) is 0 Å². The molecule has 0 aliphatic carbocycles. The molecule has 2 N–H and O–H groups in total. The second-order valence-corrected chi connectivity index (χ2v) is 4.46. The lowest BCUT2D eigenvalue weighted by atomic mass is 10.2. The summed E-state index contributed by atoms with van der Waals surface area (Å²) in [5.41, 5.74) is 1.70. The number of para-hydroxylation sites is 1. The van der Waals surface area contributed by atoms with Crippen molar-refractivity contribution >= 4 is 39.8 Å². The summed E-state index contributed by atoms with van der Waals surface area (Å²) in [5, 5.41) is 14.1. The van der Waals surface area contributed by atoms with E-state index in [2.05, 4.69) is 10.3 Å². The van der Waals surface area contributed by atoms with E-state index in [1.807, 2.05) is 24.3 Å². The van der Waals surface area contributed by atoms with E-state index >= 15 is 0 Å². The lowest BCUT2D eigenvalue weighted by Gasteiger charge is -2.11. The highest BCUT2D eigenvalue weighted by Crippen LogP contribution is 2.23. The molecule has 1 aromatic carbocycles. The van der Waals surface area contributed by atoms with Crippen LogP contribution in [0.3, 0.4) is 0 Å². The van der Waals surface area contributed by atoms with E-state index in [9.17, 15) is 5.11 Å². The maximum absolute atomic E-state index is 9.40.